The molecule has 6 nitrogen and oxygen atoms in total. The third-order valence-electron chi connectivity index (χ3n) is 4.14. The van der Waals surface area contributed by atoms with Gasteiger partial charge in [0.05, 0.1) is 11.1 Å². The number of ketones is 1. The SMILES string of the molecule is CC(=O)c1ccc(OCc2cccc(Oc3ccc(C#N)cn3)c2)c(C)c1O. The Labute approximate surface area is 162 Å². The molecule has 6 heteroatoms. The van der Waals surface area contributed by atoms with E-state index in [1.807, 2.05) is 24.3 Å². The number of Topliss-reactive ketones (excluding diaryl/α,β-unsaturated/α-hetero) is 1. The van der Waals surface area contributed by atoms with Crippen molar-refractivity contribution < 1.29 is 19.4 Å². The Balaban J connectivity index is 1.70. The van der Waals surface area contributed by atoms with Crippen molar-refractivity contribution in [1.29, 1.82) is 5.26 Å². The molecule has 3 aromatic rings. The molecular formula is C22H18N2O4. The van der Waals surface area contributed by atoms with Crippen LogP contribution >= 0.6 is 0 Å². The molecule has 0 aliphatic rings. The van der Waals surface area contributed by atoms with E-state index < -0.39 is 0 Å². The lowest BCUT2D eigenvalue weighted by molar-refractivity contribution is 0.101. The highest BCUT2D eigenvalue weighted by molar-refractivity contribution is 5.97. The van der Waals surface area contributed by atoms with Crippen molar-refractivity contribution in [2.24, 2.45) is 0 Å². The van der Waals surface area contributed by atoms with E-state index >= 15 is 0 Å². The molecule has 1 N–H and O–H groups in total. The first-order valence-corrected chi connectivity index (χ1v) is 8.57. The van der Waals surface area contributed by atoms with Crippen molar-refractivity contribution in [3.63, 3.8) is 0 Å². The first kappa shape index (κ1) is 18.9. The standard InChI is InChI=1S/C22H18N2O4/c1-14-20(8-7-19(15(2)25)22(14)26)27-13-16-4-3-5-18(10-16)28-21-9-6-17(11-23)12-24-21/h3-10,12,26H,13H2,1-2H3. The van der Waals surface area contributed by atoms with Gasteiger partial charge in [-0.2, -0.15) is 5.26 Å². The van der Waals surface area contributed by atoms with Gasteiger partial charge in [-0.3, -0.25) is 4.79 Å². The molecule has 0 saturated carbocycles. The summed E-state index contributed by atoms with van der Waals surface area (Å²) in [7, 11) is 0. The molecule has 0 saturated heterocycles. The zero-order valence-corrected chi connectivity index (χ0v) is 15.5. The van der Waals surface area contributed by atoms with Crippen LogP contribution in [0.5, 0.6) is 23.1 Å². The summed E-state index contributed by atoms with van der Waals surface area (Å²) in [5, 5.41) is 19.0. The number of ether oxygens (including phenoxy) is 2. The number of carbonyl (C=O) groups is 1. The number of phenolic OH excluding ortho intramolecular Hbond substituents is 1. The van der Waals surface area contributed by atoms with Gasteiger partial charge in [-0.1, -0.05) is 12.1 Å². The van der Waals surface area contributed by atoms with Crippen LogP contribution in [0.4, 0.5) is 0 Å². The monoisotopic (exact) mass is 374 g/mol. The Morgan fingerprint density at radius 3 is 2.71 bits per heavy atom. The zero-order valence-electron chi connectivity index (χ0n) is 15.5. The second-order valence-corrected chi connectivity index (χ2v) is 6.18. The third kappa shape index (κ3) is 4.27. The Kier molecular flexibility index (Phi) is 5.56. The summed E-state index contributed by atoms with van der Waals surface area (Å²) in [6.45, 7) is 3.37. The highest BCUT2D eigenvalue weighted by atomic mass is 16.5. The van der Waals surface area contributed by atoms with Crippen LogP contribution in [0, 0.1) is 18.3 Å². The predicted octanol–water partition coefficient (Wildman–Crippen LogP) is 4.54. The molecule has 0 unspecified atom stereocenters. The fourth-order valence-electron chi connectivity index (χ4n) is 2.61. The number of nitriles is 1. The highest BCUT2D eigenvalue weighted by Gasteiger charge is 2.13. The summed E-state index contributed by atoms with van der Waals surface area (Å²) in [5.74, 6) is 1.22. The van der Waals surface area contributed by atoms with Gasteiger partial charge in [-0.15, -0.1) is 0 Å². The zero-order chi connectivity index (χ0) is 20.1. The number of carbonyl (C=O) groups excluding carboxylic acids is 1. The number of aromatic hydroxyl groups is 1. The Bertz CT molecular complexity index is 1050. The molecule has 0 aliphatic carbocycles. The van der Waals surface area contributed by atoms with E-state index in [0.717, 1.165) is 5.56 Å². The average Bonchev–Trinajstić information content (AvgIpc) is 2.70. The topological polar surface area (TPSA) is 92.4 Å². The molecule has 0 bridgehead atoms. The van der Waals surface area contributed by atoms with Crippen LogP contribution in [0.3, 0.4) is 0 Å². The minimum atomic E-state index is -0.201. The van der Waals surface area contributed by atoms with E-state index in [9.17, 15) is 9.90 Å². The number of hydrogen-bond donors (Lipinski definition) is 1. The second-order valence-electron chi connectivity index (χ2n) is 6.18. The Hall–Kier alpha value is -3.85. The predicted molar refractivity (Wildman–Crippen MR) is 103 cm³/mol. The van der Waals surface area contributed by atoms with Crippen LogP contribution < -0.4 is 9.47 Å². The molecule has 28 heavy (non-hydrogen) atoms. The van der Waals surface area contributed by atoms with E-state index in [4.69, 9.17) is 14.7 Å². The van der Waals surface area contributed by atoms with Gasteiger partial charge in [0.15, 0.2) is 5.78 Å². The summed E-state index contributed by atoms with van der Waals surface area (Å²) in [6.07, 6.45) is 1.45. The number of hydrogen-bond acceptors (Lipinski definition) is 6. The largest absolute Gasteiger partial charge is 0.507 e. The van der Waals surface area contributed by atoms with Gasteiger partial charge in [0, 0.05) is 17.8 Å². The lowest BCUT2D eigenvalue weighted by atomic mass is 10.1. The van der Waals surface area contributed by atoms with Crippen molar-refractivity contribution >= 4 is 5.78 Å². The van der Waals surface area contributed by atoms with Crippen molar-refractivity contribution in [2.75, 3.05) is 0 Å². The number of phenols is 1. The second kappa shape index (κ2) is 8.23. The summed E-state index contributed by atoms with van der Waals surface area (Å²) in [5.41, 5.74) is 2.11. The minimum absolute atomic E-state index is 0.0611. The van der Waals surface area contributed by atoms with Crippen molar-refractivity contribution in [1.82, 2.24) is 4.98 Å². The average molecular weight is 374 g/mol. The van der Waals surface area contributed by atoms with Crippen LogP contribution in [0.25, 0.3) is 0 Å². The van der Waals surface area contributed by atoms with Gasteiger partial charge in [-0.25, -0.2) is 4.98 Å². The van der Waals surface area contributed by atoms with Gasteiger partial charge >= 0.3 is 0 Å². The first-order valence-electron chi connectivity index (χ1n) is 8.57. The normalized spacial score (nSPS) is 10.2. The number of pyridine rings is 1. The lowest BCUT2D eigenvalue weighted by Gasteiger charge is -2.13. The summed E-state index contributed by atoms with van der Waals surface area (Å²) in [6, 6.07) is 15.8. The van der Waals surface area contributed by atoms with Crippen LogP contribution in [0.1, 0.15) is 34.0 Å². The van der Waals surface area contributed by atoms with Crippen LogP contribution in [-0.2, 0) is 6.61 Å². The molecule has 3 rings (SSSR count). The van der Waals surface area contributed by atoms with E-state index in [1.165, 1.54) is 13.1 Å². The molecule has 0 radical (unpaired) electrons. The first-order chi connectivity index (χ1) is 13.5. The van der Waals surface area contributed by atoms with Crippen molar-refractivity contribution in [3.8, 4) is 29.2 Å². The van der Waals surface area contributed by atoms with E-state index in [2.05, 4.69) is 4.98 Å². The molecule has 1 aromatic heterocycles. The minimum Gasteiger partial charge on any atom is -0.507 e. The molecule has 0 aliphatic heterocycles. The number of aromatic nitrogens is 1. The quantitative estimate of drug-likeness (QED) is 0.637. The molecular weight excluding hydrogens is 356 g/mol. The number of rotatable bonds is 6. The van der Waals surface area contributed by atoms with Crippen LogP contribution in [0.15, 0.2) is 54.7 Å². The summed E-state index contributed by atoms with van der Waals surface area (Å²) in [4.78, 5) is 15.6. The Morgan fingerprint density at radius 2 is 2.04 bits per heavy atom. The van der Waals surface area contributed by atoms with Gasteiger partial charge in [0.2, 0.25) is 5.88 Å². The molecule has 0 spiro atoms. The van der Waals surface area contributed by atoms with Gasteiger partial charge in [0.25, 0.3) is 0 Å². The molecule has 0 amide bonds. The van der Waals surface area contributed by atoms with E-state index in [0.29, 0.717) is 28.5 Å². The van der Waals surface area contributed by atoms with E-state index in [1.54, 1.807) is 37.3 Å². The maximum Gasteiger partial charge on any atom is 0.219 e. The van der Waals surface area contributed by atoms with Crippen LogP contribution in [0.2, 0.25) is 0 Å². The van der Waals surface area contributed by atoms with Crippen LogP contribution in [-0.4, -0.2) is 15.9 Å². The van der Waals surface area contributed by atoms with Gasteiger partial charge in [0.1, 0.15) is 29.9 Å². The smallest absolute Gasteiger partial charge is 0.219 e. The molecule has 140 valence electrons. The fraction of sp³-hybridized carbons (Fsp3) is 0.136. The summed E-state index contributed by atoms with van der Waals surface area (Å²) >= 11 is 0. The molecule has 0 fully saturated rings. The lowest BCUT2D eigenvalue weighted by Crippen LogP contribution is -2.00. The summed E-state index contributed by atoms with van der Waals surface area (Å²) < 4.78 is 11.5. The van der Waals surface area contributed by atoms with Crippen molar-refractivity contribution in [3.05, 3.63) is 77.0 Å². The van der Waals surface area contributed by atoms with Gasteiger partial charge in [-0.05, 0) is 49.7 Å². The molecule has 0 atom stereocenters. The van der Waals surface area contributed by atoms with E-state index in [-0.39, 0.29) is 23.7 Å². The number of nitrogens with zero attached hydrogens (tertiary/aromatic N) is 2. The maximum atomic E-state index is 11.5. The highest BCUT2D eigenvalue weighted by Crippen LogP contribution is 2.31. The fourth-order valence-corrected chi connectivity index (χ4v) is 2.61. The maximum absolute atomic E-state index is 11.5. The van der Waals surface area contributed by atoms with Gasteiger partial charge < -0.3 is 14.6 Å². The molecule has 2 aromatic carbocycles. The number of benzene rings is 2. The Morgan fingerprint density at radius 1 is 1.21 bits per heavy atom. The van der Waals surface area contributed by atoms with Crippen molar-refractivity contribution in [2.45, 2.75) is 20.5 Å². The molecule has 1 heterocycles. The third-order valence-corrected chi connectivity index (χ3v) is 4.14.